The number of aryl methyl sites for hydroxylation is 1. The van der Waals surface area contributed by atoms with Crippen molar-refractivity contribution < 1.29 is 9.52 Å². The van der Waals surface area contributed by atoms with Crippen LogP contribution in [0.1, 0.15) is 12.0 Å². The van der Waals surface area contributed by atoms with E-state index in [1.807, 2.05) is 0 Å². The molecule has 0 saturated carbocycles. The monoisotopic (exact) mass is 210 g/mol. The largest absolute Gasteiger partial charge is 0.508 e. The predicted molar refractivity (Wildman–Crippen MR) is 56.9 cm³/mol. The summed E-state index contributed by atoms with van der Waals surface area (Å²) >= 11 is 5.62. The first-order valence-corrected chi connectivity index (χ1v) is 5.10. The first kappa shape index (κ1) is 9.41. The van der Waals surface area contributed by atoms with E-state index in [0.29, 0.717) is 5.88 Å². The molecule has 0 amide bonds. The first-order valence-electron chi connectivity index (χ1n) is 4.56. The maximum absolute atomic E-state index is 9.33. The highest BCUT2D eigenvalue weighted by molar-refractivity contribution is 6.17. The van der Waals surface area contributed by atoms with Gasteiger partial charge in [0.2, 0.25) is 0 Å². The van der Waals surface area contributed by atoms with E-state index in [4.69, 9.17) is 16.0 Å². The van der Waals surface area contributed by atoms with Crippen LogP contribution in [0.2, 0.25) is 0 Å². The van der Waals surface area contributed by atoms with Gasteiger partial charge in [-0.2, -0.15) is 0 Å². The molecule has 1 aromatic carbocycles. The molecule has 0 aliphatic heterocycles. The van der Waals surface area contributed by atoms with E-state index < -0.39 is 0 Å². The minimum absolute atomic E-state index is 0.269. The van der Waals surface area contributed by atoms with E-state index >= 15 is 0 Å². The second kappa shape index (κ2) is 3.93. The summed E-state index contributed by atoms with van der Waals surface area (Å²) in [7, 11) is 0. The molecule has 0 unspecified atom stereocenters. The minimum atomic E-state index is 0.269. The van der Waals surface area contributed by atoms with Crippen LogP contribution in [0, 0.1) is 0 Å². The van der Waals surface area contributed by atoms with Gasteiger partial charge in [-0.1, -0.05) is 0 Å². The predicted octanol–water partition coefficient (Wildman–Crippen LogP) is 3.31. The van der Waals surface area contributed by atoms with Crippen molar-refractivity contribution in [3.63, 3.8) is 0 Å². The topological polar surface area (TPSA) is 33.4 Å². The summed E-state index contributed by atoms with van der Waals surface area (Å²) < 4.78 is 5.35. The summed E-state index contributed by atoms with van der Waals surface area (Å²) in [5.41, 5.74) is 1.92. The zero-order valence-electron chi connectivity index (χ0n) is 7.66. The van der Waals surface area contributed by atoms with Crippen molar-refractivity contribution in [2.45, 2.75) is 12.8 Å². The molecule has 0 bridgehead atoms. The Labute approximate surface area is 87.1 Å². The summed E-state index contributed by atoms with van der Waals surface area (Å²) in [6.45, 7) is 0. The Morgan fingerprint density at radius 2 is 2.21 bits per heavy atom. The van der Waals surface area contributed by atoms with Gasteiger partial charge in [0.15, 0.2) is 0 Å². The smallest absolute Gasteiger partial charge is 0.134 e. The lowest BCUT2D eigenvalue weighted by molar-refractivity contribution is 0.476. The number of hydrogen-bond acceptors (Lipinski definition) is 2. The van der Waals surface area contributed by atoms with Crippen LogP contribution in [-0.4, -0.2) is 11.0 Å². The van der Waals surface area contributed by atoms with Crippen LogP contribution in [-0.2, 0) is 6.42 Å². The number of phenolic OH excluding ortho intramolecular Hbond substituents is 1. The molecule has 0 aliphatic carbocycles. The van der Waals surface area contributed by atoms with Crippen molar-refractivity contribution in [2.75, 3.05) is 5.88 Å². The molecule has 0 radical (unpaired) electrons. The van der Waals surface area contributed by atoms with Crippen LogP contribution < -0.4 is 0 Å². The third-order valence-electron chi connectivity index (χ3n) is 2.22. The molecular weight excluding hydrogens is 200 g/mol. The summed E-state index contributed by atoms with van der Waals surface area (Å²) in [4.78, 5) is 0. The van der Waals surface area contributed by atoms with Gasteiger partial charge in [0.05, 0.1) is 6.26 Å². The maximum atomic E-state index is 9.33. The van der Waals surface area contributed by atoms with Crippen molar-refractivity contribution >= 4 is 22.6 Å². The minimum Gasteiger partial charge on any atom is -0.508 e. The van der Waals surface area contributed by atoms with Crippen LogP contribution in [0.25, 0.3) is 11.0 Å². The Hall–Kier alpha value is -1.15. The molecule has 0 fully saturated rings. The van der Waals surface area contributed by atoms with E-state index in [1.165, 1.54) is 0 Å². The van der Waals surface area contributed by atoms with E-state index in [9.17, 15) is 5.11 Å². The van der Waals surface area contributed by atoms with Gasteiger partial charge in [0.1, 0.15) is 11.3 Å². The van der Waals surface area contributed by atoms with E-state index in [-0.39, 0.29) is 5.75 Å². The second-order valence-electron chi connectivity index (χ2n) is 3.23. The highest BCUT2D eigenvalue weighted by atomic mass is 35.5. The quantitative estimate of drug-likeness (QED) is 0.789. The van der Waals surface area contributed by atoms with Crippen LogP contribution in [0.5, 0.6) is 5.75 Å². The van der Waals surface area contributed by atoms with Crippen molar-refractivity contribution in [1.82, 2.24) is 0 Å². The fourth-order valence-electron chi connectivity index (χ4n) is 1.52. The molecule has 14 heavy (non-hydrogen) atoms. The Morgan fingerprint density at radius 1 is 1.36 bits per heavy atom. The van der Waals surface area contributed by atoms with Gasteiger partial charge in [-0.3, -0.25) is 0 Å². The van der Waals surface area contributed by atoms with Crippen molar-refractivity contribution in [3.05, 3.63) is 30.0 Å². The maximum Gasteiger partial charge on any atom is 0.134 e. The molecule has 0 spiro atoms. The summed E-state index contributed by atoms with van der Waals surface area (Å²) in [6.07, 6.45) is 3.54. The molecule has 0 aliphatic rings. The lowest BCUT2D eigenvalue weighted by atomic mass is 10.1. The summed E-state index contributed by atoms with van der Waals surface area (Å²) in [5, 5.41) is 10.3. The average Bonchev–Trinajstić information content (AvgIpc) is 2.57. The number of aromatic hydroxyl groups is 1. The first-order chi connectivity index (χ1) is 6.81. The summed E-state index contributed by atoms with van der Waals surface area (Å²) in [5.74, 6) is 0.914. The number of phenols is 1. The SMILES string of the molecule is Oc1ccc2occ(CCCCl)c2c1. The highest BCUT2D eigenvalue weighted by Gasteiger charge is 2.05. The normalized spacial score (nSPS) is 10.9. The van der Waals surface area contributed by atoms with Gasteiger partial charge in [0, 0.05) is 11.3 Å². The van der Waals surface area contributed by atoms with E-state index in [1.54, 1.807) is 24.5 Å². The van der Waals surface area contributed by atoms with Gasteiger partial charge in [-0.15, -0.1) is 11.6 Å². The molecule has 2 aromatic rings. The fraction of sp³-hybridized carbons (Fsp3) is 0.273. The van der Waals surface area contributed by atoms with Crippen LogP contribution in [0.4, 0.5) is 0 Å². The zero-order chi connectivity index (χ0) is 9.97. The lowest BCUT2D eigenvalue weighted by Gasteiger charge is -1.95. The number of alkyl halides is 1. The Kier molecular flexibility index (Phi) is 2.64. The van der Waals surface area contributed by atoms with Crippen molar-refractivity contribution in [2.24, 2.45) is 0 Å². The molecule has 0 saturated heterocycles. The Balaban J connectivity index is 2.40. The second-order valence-corrected chi connectivity index (χ2v) is 3.61. The van der Waals surface area contributed by atoms with E-state index in [0.717, 1.165) is 29.4 Å². The van der Waals surface area contributed by atoms with Crippen LogP contribution >= 0.6 is 11.6 Å². The summed E-state index contributed by atoms with van der Waals surface area (Å²) in [6, 6.07) is 5.12. The number of furan rings is 1. The van der Waals surface area contributed by atoms with Gasteiger partial charge < -0.3 is 9.52 Å². The molecular formula is C11H11ClO2. The number of hydrogen-bond donors (Lipinski definition) is 1. The number of benzene rings is 1. The van der Waals surface area contributed by atoms with Crippen LogP contribution in [0.3, 0.4) is 0 Å². The molecule has 2 nitrogen and oxygen atoms in total. The Bertz CT molecular complexity index is 434. The molecule has 1 heterocycles. The average molecular weight is 211 g/mol. The lowest BCUT2D eigenvalue weighted by Crippen LogP contribution is -1.83. The Morgan fingerprint density at radius 3 is 3.00 bits per heavy atom. The molecule has 0 atom stereocenters. The molecule has 2 rings (SSSR count). The third-order valence-corrected chi connectivity index (χ3v) is 2.48. The van der Waals surface area contributed by atoms with E-state index in [2.05, 4.69) is 0 Å². The number of fused-ring (bicyclic) bond motifs is 1. The van der Waals surface area contributed by atoms with Crippen molar-refractivity contribution in [1.29, 1.82) is 0 Å². The highest BCUT2D eigenvalue weighted by Crippen LogP contribution is 2.25. The van der Waals surface area contributed by atoms with Gasteiger partial charge in [-0.25, -0.2) is 0 Å². The number of rotatable bonds is 3. The molecule has 1 N–H and O–H groups in total. The molecule has 3 heteroatoms. The third kappa shape index (κ3) is 1.70. The van der Waals surface area contributed by atoms with Gasteiger partial charge in [0.25, 0.3) is 0 Å². The fourth-order valence-corrected chi connectivity index (χ4v) is 1.65. The molecule has 1 aromatic heterocycles. The van der Waals surface area contributed by atoms with Crippen LogP contribution in [0.15, 0.2) is 28.9 Å². The van der Waals surface area contributed by atoms with Crippen molar-refractivity contribution in [3.8, 4) is 5.75 Å². The van der Waals surface area contributed by atoms with Gasteiger partial charge >= 0.3 is 0 Å². The number of halogens is 1. The van der Waals surface area contributed by atoms with Gasteiger partial charge in [-0.05, 0) is 36.6 Å². The molecule has 74 valence electrons. The zero-order valence-corrected chi connectivity index (χ0v) is 8.42. The standard InChI is InChI=1S/C11H11ClO2/c12-5-1-2-8-7-14-11-4-3-9(13)6-10(8)11/h3-4,6-7,13H,1-2,5H2.